The van der Waals surface area contributed by atoms with Crippen LogP contribution in [0.25, 0.3) is 0 Å². The summed E-state index contributed by atoms with van der Waals surface area (Å²) in [5.41, 5.74) is 0.472. The standard InChI is InChI=1S/C21H34N2O4S/c1-6-7-12-22-13-14-23(16-18(22)15-20(24)27-21(3,4)5)28(25,26)19-10-8-17(2)9-11-19/h8-11,18H,6-7,12-16H2,1-5H3. The predicted octanol–water partition coefficient (Wildman–Crippen LogP) is 3.20. The van der Waals surface area contributed by atoms with Crippen molar-refractivity contribution in [1.82, 2.24) is 9.21 Å². The van der Waals surface area contributed by atoms with Gasteiger partial charge in [0.05, 0.1) is 11.3 Å². The maximum Gasteiger partial charge on any atom is 0.307 e. The molecule has 0 N–H and O–H groups in total. The van der Waals surface area contributed by atoms with E-state index < -0.39 is 15.6 Å². The van der Waals surface area contributed by atoms with Gasteiger partial charge in [0.25, 0.3) is 0 Å². The minimum absolute atomic E-state index is 0.171. The molecule has 6 nitrogen and oxygen atoms in total. The van der Waals surface area contributed by atoms with Crippen molar-refractivity contribution in [3.05, 3.63) is 29.8 Å². The number of rotatable bonds is 7. The molecule has 1 heterocycles. The van der Waals surface area contributed by atoms with E-state index in [0.717, 1.165) is 24.9 Å². The summed E-state index contributed by atoms with van der Waals surface area (Å²) in [6.07, 6.45) is 2.28. The van der Waals surface area contributed by atoms with Gasteiger partial charge in [-0.05, 0) is 52.8 Å². The van der Waals surface area contributed by atoms with E-state index in [1.165, 1.54) is 4.31 Å². The summed E-state index contributed by atoms with van der Waals surface area (Å²) in [6.45, 7) is 11.8. The average Bonchev–Trinajstić information content (AvgIpc) is 2.59. The molecule has 1 aliphatic rings. The van der Waals surface area contributed by atoms with E-state index in [1.807, 2.05) is 39.8 Å². The third kappa shape index (κ3) is 6.29. The molecule has 0 spiro atoms. The molecule has 1 aliphatic heterocycles. The average molecular weight is 411 g/mol. The zero-order chi connectivity index (χ0) is 20.9. The van der Waals surface area contributed by atoms with Crippen molar-refractivity contribution in [3.63, 3.8) is 0 Å². The summed E-state index contributed by atoms with van der Waals surface area (Å²) in [5.74, 6) is -0.284. The molecule has 0 amide bonds. The van der Waals surface area contributed by atoms with Crippen LogP contribution in [0.1, 0.15) is 52.5 Å². The van der Waals surface area contributed by atoms with Crippen molar-refractivity contribution in [2.24, 2.45) is 0 Å². The van der Waals surface area contributed by atoms with Crippen molar-refractivity contribution in [2.75, 3.05) is 26.2 Å². The van der Waals surface area contributed by atoms with Gasteiger partial charge in [0.1, 0.15) is 5.60 Å². The Balaban J connectivity index is 2.16. The molecule has 0 saturated carbocycles. The van der Waals surface area contributed by atoms with Gasteiger partial charge in [0, 0.05) is 25.7 Å². The number of benzene rings is 1. The van der Waals surface area contributed by atoms with Gasteiger partial charge >= 0.3 is 5.97 Å². The number of piperazine rings is 1. The number of sulfonamides is 1. The second-order valence-electron chi connectivity index (χ2n) is 8.51. The normalized spacial score (nSPS) is 19.5. The van der Waals surface area contributed by atoms with Gasteiger partial charge in [-0.1, -0.05) is 31.0 Å². The number of aryl methyl sites for hydroxylation is 1. The smallest absolute Gasteiger partial charge is 0.307 e. The number of hydrogen-bond donors (Lipinski definition) is 0. The number of esters is 1. The molecule has 28 heavy (non-hydrogen) atoms. The minimum atomic E-state index is -3.57. The Bertz CT molecular complexity index is 754. The van der Waals surface area contributed by atoms with Gasteiger partial charge in [-0.3, -0.25) is 9.69 Å². The topological polar surface area (TPSA) is 66.9 Å². The summed E-state index contributed by atoms with van der Waals surface area (Å²) < 4.78 is 33.1. The van der Waals surface area contributed by atoms with E-state index in [4.69, 9.17) is 4.74 Å². The van der Waals surface area contributed by atoms with Crippen molar-refractivity contribution in [3.8, 4) is 0 Å². The number of carbonyl (C=O) groups excluding carboxylic acids is 1. The Kier molecular flexibility index (Phi) is 7.65. The number of hydrogen-bond acceptors (Lipinski definition) is 5. The molecule has 0 bridgehead atoms. The molecule has 1 unspecified atom stereocenters. The molecule has 1 saturated heterocycles. The highest BCUT2D eigenvalue weighted by molar-refractivity contribution is 7.89. The summed E-state index contributed by atoms with van der Waals surface area (Å²) in [7, 11) is -3.57. The SMILES string of the molecule is CCCCN1CCN(S(=O)(=O)c2ccc(C)cc2)CC1CC(=O)OC(C)(C)C. The molecule has 0 aliphatic carbocycles. The fourth-order valence-corrected chi connectivity index (χ4v) is 4.84. The van der Waals surface area contributed by atoms with Crippen LogP contribution in [0, 0.1) is 6.92 Å². The monoisotopic (exact) mass is 410 g/mol. The van der Waals surface area contributed by atoms with Crippen LogP contribution in [0.4, 0.5) is 0 Å². The van der Waals surface area contributed by atoms with Gasteiger partial charge in [-0.25, -0.2) is 8.42 Å². The van der Waals surface area contributed by atoms with Gasteiger partial charge in [-0.15, -0.1) is 0 Å². The van der Waals surface area contributed by atoms with Crippen LogP contribution in [0.15, 0.2) is 29.2 Å². The summed E-state index contributed by atoms with van der Waals surface area (Å²) in [6, 6.07) is 6.74. The highest BCUT2D eigenvalue weighted by Gasteiger charge is 2.35. The summed E-state index contributed by atoms with van der Waals surface area (Å²) in [5, 5.41) is 0. The minimum Gasteiger partial charge on any atom is -0.460 e. The highest BCUT2D eigenvalue weighted by Crippen LogP contribution is 2.23. The van der Waals surface area contributed by atoms with Crippen LogP contribution in [0.3, 0.4) is 0 Å². The molecule has 0 aromatic heterocycles. The van der Waals surface area contributed by atoms with E-state index in [2.05, 4.69) is 11.8 Å². The van der Waals surface area contributed by atoms with Gasteiger partial charge < -0.3 is 4.74 Å². The predicted molar refractivity (Wildman–Crippen MR) is 111 cm³/mol. The molecule has 2 rings (SSSR count). The fraction of sp³-hybridized carbons (Fsp3) is 0.667. The third-order valence-corrected chi connectivity index (χ3v) is 6.73. The Morgan fingerprint density at radius 3 is 2.39 bits per heavy atom. The quantitative estimate of drug-likeness (QED) is 0.646. The first kappa shape index (κ1) is 22.8. The van der Waals surface area contributed by atoms with Crippen molar-refractivity contribution in [1.29, 1.82) is 0 Å². The Morgan fingerprint density at radius 1 is 1.18 bits per heavy atom. The molecule has 1 aromatic carbocycles. The van der Waals surface area contributed by atoms with Crippen molar-refractivity contribution >= 4 is 16.0 Å². The molecule has 1 fully saturated rings. The molecular formula is C21H34N2O4S. The summed E-state index contributed by atoms with van der Waals surface area (Å²) in [4.78, 5) is 14.9. The van der Waals surface area contributed by atoms with Crippen LogP contribution in [0.2, 0.25) is 0 Å². The van der Waals surface area contributed by atoms with Crippen LogP contribution >= 0.6 is 0 Å². The van der Waals surface area contributed by atoms with Gasteiger partial charge in [-0.2, -0.15) is 4.31 Å². The van der Waals surface area contributed by atoms with E-state index >= 15 is 0 Å². The molecule has 1 aromatic rings. The number of ether oxygens (including phenoxy) is 1. The lowest BCUT2D eigenvalue weighted by atomic mass is 10.1. The van der Waals surface area contributed by atoms with Crippen molar-refractivity contribution < 1.29 is 17.9 Å². The van der Waals surface area contributed by atoms with E-state index in [9.17, 15) is 13.2 Å². The van der Waals surface area contributed by atoms with Crippen molar-refractivity contribution in [2.45, 2.75) is 70.4 Å². The Morgan fingerprint density at radius 2 is 1.82 bits per heavy atom. The maximum atomic E-state index is 13.1. The van der Waals surface area contributed by atoms with Crippen LogP contribution in [-0.4, -0.2) is 61.4 Å². The van der Waals surface area contributed by atoms with E-state index in [1.54, 1.807) is 12.1 Å². The van der Waals surface area contributed by atoms with Gasteiger partial charge in [0.2, 0.25) is 10.0 Å². The number of carbonyl (C=O) groups is 1. The molecule has 1 atom stereocenters. The lowest BCUT2D eigenvalue weighted by molar-refractivity contribution is -0.156. The number of unbranched alkanes of at least 4 members (excludes halogenated alkanes) is 1. The molecule has 0 radical (unpaired) electrons. The first-order valence-corrected chi connectivity index (χ1v) is 11.5. The van der Waals surface area contributed by atoms with Gasteiger partial charge in [0.15, 0.2) is 0 Å². The maximum absolute atomic E-state index is 13.1. The van der Waals surface area contributed by atoms with Crippen LogP contribution < -0.4 is 0 Å². The summed E-state index contributed by atoms with van der Waals surface area (Å²) >= 11 is 0. The zero-order valence-corrected chi connectivity index (χ0v) is 18.6. The second-order valence-corrected chi connectivity index (χ2v) is 10.4. The van der Waals surface area contributed by atoms with Crippen LogP contribution in [-0.2, 0) is 19.6 Å². The Labute approximate surface area is 169 Å². The highest BCUT2D eigenvalue weighted by atomic mass is 32.2. The first-order valence-electron chi connectivity index (χ1n) is 10.1. The zero-order valence-electron chi connectivity index (χ0n) is 17.8. The lowest BCUT2D eigenvalue weighted by Crippen LogP contribution is -2.55. The van der Waals surface area contributed by atoms with E-state index in [0.29, 0.717) is 24.5 Å². The first-order chi connectivity index (χ1) is 13.0. The second kappa shape index (κ2) is 9.37. The van der Waals surface area contributed by atoms with E-state index in [-0.39, 0.29) is 18.4 Å². The fourth-order valence-electron chi connectivity index (χ4n) is 3.37. The number of nitrogens with zero attached hydrogens (tertiary/aromatic N) is 2. The largest absolute Gasteiger partial charge is 0.460 e. The molecular weight excluding hydrogens is 376 g/mol. The molecule has 158 valence electrons. The third-order valence-electron chi connectivity index (χ3n) is 4.85. The lowest BCUT2D eigenvalue weighted by Gasteiger charge is -2.40. The van der Waals surface area contributed by atoms with Crippen LogP contribution in [0.5, 0.6) is 0 Å². The molecule has 7 heteroatoms. The Hall–Kier alpha value is -1.44.